The van der Waals surface area contributed by atoms with Gasteiger partial charge >= 0.3 is 11.8 Å². The van der Waals surface area contributed by atoms with Gasteiger partial charge in [0.25, 0.3) is 21.3 Å². The summed E-state index contributed by atoms with van der Waals surface area (Å²) in [6.07, 6.45) is 0.488. The Hall–Kier alpha value is -4.23. The van der Waals surface area contributed by atoms with Crippen LogP contribution in [0.15, 0.2) is 56.8 Å². The van der Waals surface area contributed by atoms with Crippen molar-refractivity contribution in [1.82, 2.24) is 23.7 Å². The highest BCUT2D eigenvalue weighted by Gasteiger charge is 2.32. The van der Waals surface area contributed by atoms with Gasteiger partial charge in [0.1, 0.15) is 22.6 Å². The molecule has 1 fully saturated rings. The van der Waals surface area contributed by atoms with Crippen LogP contribution in [0.25, 0.3) is 16.6 Å². The number of benzene rings is 2. The Morgan fingerprint density at radius 3 is 2.42 bits per heavy atom. The van der Waals surface area contributed by atoms with Gasteiger partial charge in [-0.25, -0.2) is 14.0 Å². The quantitative estimate of drug-likeness (QED) is 0.139. The molecule has 17 heteroatoms. The highest BCUT2D eigenvalue weighted by atomic mass is 127. The molecule has 0 atom stereocenters. The van der Waals surface area contributed by atoms with E-state index in [0.29, 0.717) is 16.4 Å². The van der Waals surface area contributed by atoms with E-state index in [1.807, 2.05) is 22.6 Å². The molecule has 48 heavy (non-hydrogen) atoms. The molecule has 0 radical (unpaired) electrons. The van der Waals surface area contributed by atoms with Crippen LogP contribution in [0, 0.1) is 16.3 Å². The number of anilines is 3. The number of fused-ring (bicyclic) bond motifs is 1. The van der Waals surface area contributed by atoms with Gasteiger partial charge in [0.2, 0.25) is 0 Å². The van der Waals surface area contributed by atoms with E-state index in [1.165, 1.54) is 53.4 Å². The Morgan fingerprint density at radius 1 is 1.06 bits per heavy atom. The molecule has 0 unspecified atom stereocenters. The average Bonchev–Trinajstić information content (AvgIpc) is 3.82. The van der Waals surface area contributed by atoms with Gasteiger partial charge in [-0.2, -0.15) is 13.1 Å². The molecule has 4 aromatic rings. The number of ether oxygens (including phenoxy) is 1. The van der Waals surface area contributed by atoms with E-state index in [-0.39, 0.29) is 58.5 Å². The van der Waals surface area contributed by atoms with Gasteiger partial charge in [0, 0.05) is 35.3 Å². The number of hydrogen-bond acceptors (Lipinski definition) is 8. The van der Waals surface area contributed by atoms with Gasteiger partial charge in [0.05, 0.1) is 22.6 Å². The number of rotatable bonds is 10. The number of alkyl carbamates (subject to hydrolysis) is 1. The minimum absolute atomic E-state index is 0.00442. The number of halogens is 2. The van der Waals surface area contributed by atoms with E-state index in [0.717, 1.165) is 4.57 Å². The first-order chi connectivity index (χ1) is 22.5. The van der Waals surface area contributed by atoms with E-state index in [9.17, 15) is 32.0 Å². The normalized spacial score (nSPS) is 13.4. The van der Waals surface area contributed by atoms with Crippen LogP contribution in [0.5, 0.6) is 0 Å². The Morgan fingerprint density at radius 2 is 1.77 bits per heavy atom. The molecule has 256 valence electrons. The highest BCUT2D eigenvalue weighted by Crippen LogP contribution is 2.34. The number of carbonyl (C=O) groups excluding carboxylic acids is 1. The minimum atomic E-state index is -4.14. The summed E-state index contributed by atoms with van der Waals surface area (Å²) in [5.74, 6) is -0.608. The zero-order chi connectivity index (χ0) is 35.1. The first kappa shape index (κ1) is 35.1. The lowest BCUT2D eigenvalue weighted by molar-refractivity contribution is 0.0529. The summed E-state index contributed by atoms with van der Waals surface area (Å²) in [4.78, 5) is 53.5. The summed E-state index contributed by atoms with van der Waals surface area (Å²) < 4.78 is 54.7. The molecule has 1 saturated carbocycles. The molecular formula is C31H35FIN7O7S. The Bertz CT molecular complexity index is 2220. The SMILES string of the molecule is Cc1c(=O)n(C)c(Nc2ccc(I)cc2F)c2c(=O)n(C3CC3)c(=O)n(-c3cccc(NS(=O)(=O)NCCNC(=O)OC(C)(C)C)c3)c12. The first-order valence-corrected chi connectivity index (χ1v) is 17.5. The third-order valence-electron chi connectivity index (χ3n) is 7.38. The fourth-order valence-corrected chi connectivity index (χ4v) is 6.47. The van der Waals surface area contributed by atoms with Crippen molar-refractivity contribution in [2.24, 2.45) is 7.05 Å². The zero-order valence-corrected chi connectivity index (χ0v) is 29.8. The molecule has 2 heterocycles. The topological polar surface area (TPSA) is 175 Å². The third-order valence-corrected chi connectivity index (χ3v) is 9.14. The molecule has 0 aliphatic heterocycles. The molecule has 0 bridgehead atoms. The van der Waals surface area contributed by atoms with Crippen LogP contribution >= 0.6 is 22.6 Å². The number of nitrogens with one attached hydrogen (secondary N) is 4. The van der Waals surface area contributed by atoms with Gasteiger partial charge in [-0.15, -0.1) is 0 Å². The van der Waals surface area contributed by atoms with Crippen molar-refractivity contribution in [2.45, 2.75) is 52.2 Å². The largest absolute Gasteiger partial charge is 0.444 e. The molecule has 0 saturated heterocycles. The fraction of sp³-hybridized carbons (Fsp3) is 0.355. The van der Waals surface area contributed by atoms with Crippen LogP contribution < -0.4 is 36.9 Å². The Balaban J connectivity index is 1.56. The summed E-state index contributed by atoms with van der Waals surface area (Å²) in [5, 5.41) is 5.36. The number of pyridine rings is 1. The predicted molar refractivity (Wildman–Crippen MR) is 189 cm³/mol. The van der Waals surface area contributed by atoms with Gasteiger partial charge < -0.3 is 15.4 Å². The number of aryl methyl sites for hydroxylation is 1. The molecular weight excluding hydrogens is 760 g/mol. The number of aromatic nitrogens is 3. The second kappa shape index (κ2) is 13.3. The van der Waals surface area contributed by atoms with Crippen molar-refractivity contribution in [3.63, 3.8) is 0 Å². The first-order valence-electron chi connectivity index (χ1n) is 14.9. The van der Waals surface area contributed by atoms with Crippen molar-refractivity contribution in [3.05, 3.63) is 88.6 Å². The molecule has 5 rings (SSSR count). The number of carbonyl (C=O) groups is 1. The monoisotopic (exact) mass is 795 g/mol. The summed E-state index contributed by atoms with van der Waals surface area (Å²) in [7, 11) is -2.69. The molecule has 2 aromatic carbocycles. The van der Waals surface area contributed by atoms with E-state index in [1.54, 1.807) is 32.9 Å². The molecule has 0 spiro atoms. The highest BCUT2D eigenvalue weighted by molar-refractivity contribution is 14.1. The van der Waals surface area contributed by atoms with Crippen molar-refractivity contribution >= 4 is 67.0 Å². The van der Waals surface area contributed by atoms with E-state index in [2.05, 4.69) is 20.1 Å². The molecule has 2 aromatic heterocycles. The zero-order valence-electron chi connectivity index (χ0n) is 26.8. The minimum Gasteiger partial charge on any atom is -0.444 e. The van der Waals surface area contributed by atoms with Crippen LogP contribution in [0.3, 0.4) is 0 Å². The number of amides is 1. The second-order valence-electron chi connectivity index (χ2n) is 12.3. The maximum Gasteiger partial charge on any atom is 0.407 e. The smallest absolute Gasteiger partial charge is 0.407 e. The van der Waals surface area contributed by atoms with E-state index in [4.69, 9.17) is 4.74 Å². The maximum absolute atomic E-state index is 15.0. The van der Waals surface area contributed by atoms with Crippen LogP contribution in [0.4, 0.5) is 26.4 Å². The van der Waals surface area contributed by atoms with Gasteiger partial charge in [0.15, 0.2) is 0 Å². The average molecular weight is 796 g/mol. The molecule has 1 amide bonds. The lowest BCUT2D eigenvalue weighted by Crippen LogP contribution is -2.41. The summed E-state index contributed by atoms with van der Waals surface area (Å²) in [5.41, 5.74) is -2.22. The van der Waals surface area contributed by atoms with Crippen molar-refractivity contribution in [1.29, 1.82) is 0 Å². The lowest BCUT2D eigenvalue weighted by atomic mass is 10.1. The lowest BCUT2D eigenvalue weighted by Gasteiger charge is -2.21. The summed E-state index contributed by atoms with van der Waals surface area (Å²) in [6, 6.07) is 9.99. The fourth-order valence-electron chi connectivity index (χ4n) is 5.14. The van der Waals surface area contributed by atoms with Crippen molar-refractivity contribution in [3.8, 4) is 5.69 Å². The van der Waals surface area contributed by atoms with Crippen molar-refractivity contribution < 1.29 is 22.3 Å². The van der Waals surface area contributed by atoms with E-state index < -0.39 is 44.5 Å². The van der Waals surface area contributed by atoms with Crippen molar-refractivity contribution in [2.75, 3.05) is 23.1 Å². The summed E-state index contributed by atoms with van der Waals surface area (Å²) >= 11 is 1.97. The van der Waals surface area contributed by atoms with Gasteiger partial charge in [-0.3, -0.25) is 28.0 Å². The molecule has 4 N–H and O–H groups in total. The standard InChI is InChI=1S/C31H35FIN7O7S/c1-17-25-24(26(38(5)27(17)41)36-23-12-9-18(33)15-22(23)32)28(42)40(20-10-11-20)30(44)39(25)21-8-6-7-19(16-21)37-48(45,46)35-14-13-34-29(43)47-31(2,3)4/h6-9,12,15-16,20,35-37H,10-11,13-14H2,1-5H3,(H,34,43). The van der Waals surface area contributed by atoms with Gasteiger partial charge in [-0.05, 0) is 99.5 Å². The Labute approximate surface area is 288 Å². The third kappa shape index (κ3) is 7.57. The summed E-state index contributed by atoms with van der Waals surface area (Å²) in [6.45, 7) is 6.40. The molecule has 1 aliphatic rings. The van der Waals surface area contributed by atoms with Crippen LogP contribution in [0.2, 0.25) is 0 Å². The molecule has 1 aliphatic carbocycles. The second-order valence-corrected chi connectivity index (χ2v) is 15.1. The predicted octanol–water partition coefficient (Wildman–Crippen LogP) is 3.75. The number of hydrogen-bond donors (Lipinski definition) is 4. The van der Waals surface area contributed by atoms with Gasteiger partial charge in [-0.1, -0.05) is 6.07 Å². The Kier molecular flexibility index (Phi) is 9.76. The van der Waals surface area contributed by atoms with Crippen LogP contribution in [-0.4, -0.2) is 46.9 Å². The van der Waals surface area contributed by atoms with Crippen LogP contribution in [-0.2, 0) is 22.0 Å². The van der Waals surface area contributed by atoms with Crippen LogP contribution in [0.1, 0.15) is 45.2 Å². The van der Waals surface area contributed by atoms with E-state index >= 15 is 0 Å². The number of nitrogens with zero attached hydrogens (tertiary/aromatic N) is 3. The molecule has 14 nitrogen and oxygen atoms in total. The maximum atomic E-state index is 15.0.